The molecule has 1 amide bonds. The minimum absolute atomic E-state index is 0.271. The Bertz CT molecular complexity index is 571. The van der Waals surface area contributed by atoms with Crippen molar-refractivity contribution in [1.82, 2.24) is 15.5 Å². The zero-order chi connectivity index (χ0) is 17.9. The molecule has 0 atom stereocenters. The number of aliphatic imine (C=N–C) groups is 1. The highest BCUT2D eigenvalue weighted by Crippen LogP contribution is 2.17. The van der Waals surface area contributed by atoms with Crippen LogP contribution >= 0.6 is 0 Å². The van der Waals surface area contributed by atoms with E-state index in [0.29, 0.717) is 19.5 Å². The lowest BCUT2D eigenvalue weighted by Crippen LogP contribution is -2.37. The lowest BCUT2D eigenvalue weighted by atomic mass is 10.1. The van der Waals surface area contributed by atoms with Gasteiger partial charge in [0.1, 0.15) is 0 Å². The number of nitrogens with zero attached hydrogens (tertiary/aromatic N) is 2. The van der Waals surface area contributed by atoms with Crippen molar-refractivity contribution in [1.29, 1.82) is 0 Å². The Morgan fingerprint density at radius 3 is 2.64 bits per heavy atom. The molecule has 0 saturated carbocycles. The molecule has 1 aromatic rings. The lowest BCUT2D eigenvalue weighted by molar-refractivity contribution is -0.128. The average molecular weight is 345 g/mol. The number of carbonyl (C=O) groups is 1. The van der Waals surface area contributed by atoms with Gasteiger partial charge in [-0.25, -0.2) is 0 Å². The predicted molar refractivity (Wildman–Crippen MR) is 103 cm³/mol. The van der Waals surface area contributed by atoms with Crippen LogP contribution < -0.4 is 10.6 Å². The first-order valence-corrected chi connectivity index (χ1v) is 9.53. The van der Waals surface area contributed by atoms with Crippen molar-refractivity contribution in [3.8, 4) is 0 Å². The number of nitrogens with one attached hydrogen (secondary N) is 2. The molecule has 0 spiro atoms. The summed E-state index contributed by atoms with van der Waals surface area (Å²) in [5, 5.41) is 6.76. The maximum absolute atomic E-state index is 11.9. The number of rotatable bonds is 9. The first-order chi connectivity index (χ1) is 12.2. The summed E-state index contributed by atoms with van der Waals surface area (Å²) in [6, 6.07) is 8.33. The number of amides is 1. The van der Waals surface area contributed by atoms with Crippen molar-refractivity contribution in [2.75, 3.05) is 20.1 Å². The van der Waals surface area contributed by atoms with E-state index in [9.17, 15) is 4.79 Å². The summed E-state index contributed by atoms with van der Waals surface area (Å²) in [4.78, 5) is 18.1. The molecule has 1 fully saturated rings. The van der Waals surface area contributed by atoms with Crippen molar-refractivity contribution in [2.45, 2.75) is 58.5 Å². The summed E-state index contributed by atoms with van der Waals surface area (Å²) >= 11 is 0. The van der Waals surface area contributed by atoms with Gasteiger partial charge in [-0.05, 0) is 24.0 Å². The predicted octanol–water partition coefficient (Wildman–Crippen LogP) is 3.05. The van der Waals surface area contributed by atoms with E-state index in [4.69, 9.17) is 0 Å². The second kappa shape index (κ2) is 10.7. The van der Waals surface area contributed by atoms with Gasteiger partial charge in [-0.1, -0.05) is 50.5 Å². The van der Waals surface area contributed by atoms with Gasteiger partial charge in [-0.3, -0.25) is 9.79 Å². The molecule has 0 aliphatic carbocycles. The first kappa shape index (κ1) is 19.3. The number of hydrogen-bond acceptors (Lipinski definition) is 2. The topological polar surface area (TPSA) is 56.7 Å². The van der Waals surface area contributed by atoms with Crippen LogP contribution in [0.5, 0.6) is 0 Å². The number of carbonyl (C=O) groups excluding carboxylic acids is 1. The number of guanidine groups is 1. The molecule has 0 bridgehead atoms. The average Bonchev–Trinajstić information content (AvgIpc) is 3.03. The molecule has 1 aliphatic heterocycles. The van der Waals surface area contributed by atoms with Crippen LogP contribution in [0.4, 0.5) is 0 Å². The minimum atomic E-state index is 0.271. The van der Waals surface area contributed by atoms with E-state index in [1.54, 1.807) is 7.05 Å². The summed E-state index contributed by atoms with van der Waals surface area (Å²) in [6.07, 6.45) is 6.64. The van der Waals surface area contributed by atoms with Crippen molar-refractivity contribution in [2.24, 2.45) is 4.99 Å². The highest BCUT2D eigenvalue weighted by atomic mass is 16.2. The Morgan fingerprint density at radius 2 is 1.96 bits per heavy atom. The number of likely N-dealkylation sites (tertiary alicyclic amines) is 1. The van der Waals surface area contributed by atoms with Crippen molar-refractivity contribution >= 4 is 11.9 Å². The summed E-state index contributed by atoms with van der Waals surface area (Å²) in [6.45, 7) is 5.47. The van der Waals surface area contributed by atoms with Gasteiger partial charge in [-0.2, -0.15) is 0 Å². The van der Waals surface area contributed by atoms with Gasteiger partial charge in [0, 0.05) is 39.6 Å². The van der Waals surface area contributed by atoms with E-state index in [1.165, 1.54) is 36.8 Å². The second-order valence-electron chi connectivity index (χ2n) is 6.60. The lowest BCUT2D eigenvalue weighted by Gasteiger charge is -2.19. The molecular weight excluding hydrogens is 312 g/mol. The molecular formula is C20H32N4O. The van der Waals surface area contributed by atoms with Gasteiger partial charge < -0.3 is 15.5 Å². The fourth-order valence-corrected chi connectivity index (χ4v) is 3.12. The fraction of sp³-hybridized carbons (Fsp3) is 0.600. The molecule has 0 aromatic heterocycles. The van der Waals surface area contributed by atoms with E-state index in [-0.39, 0.29) is 5.91 Å². The highest BCUT2D eigenvalue weighted by Gasteiger charge is 2.20. The van der Waals surface area contributed by atoms with Crippen LogP contribution in [0.25, 0.3) is 0 Å². The van der Waals surface area contributed by atoms with E-state index in [0.717, 1.165) is 25.5 Å². The third kappa shape index (κ3) is 6.40. The highest BCUT2D eigenvalue weighted by molar-refractivity contribution is 5.79. The molecule has 138 valence electrons. The molecule has 1 aromatic carbocycles. The summed E-state index contributed by atoms with van der Waals surface area (Å²) < 4.78 is 0. The molecule has 5 heteroatoms. The van der Waals surface area contributed by atoms with Gasteiger partial charge in [0.15, 0.2) is 5.96 Å². The fourth-order valence-electron chi connectivity index (χ4n) is 3.12. The Hall–Kier alpha value is -2.04. The third-order valence-electron chi connectivity index (χ3n) is 4.64. The van der Waals surface area contributed by atoms with E-state index < -0.39 is 0 Å². The second-order valence-corrected chi connectivity index (χ2v) is 6.60. The van der Waals surface area contributed by atoms with Gasteiger partial charge in [0.2, 0.25) is 5.91 Å². The Kier molecular flexibility index (Phi) is 8.29. The smallest absolute Gasteiger partial charge is 0.222 e. The van der Waals surface area contributed by atoms with Crippen LogP contribution in [0.15, 0.2) is 29.3 Å². The molecule has 1 aliphatic rings. The standard InChI is InChI=1S/C20H32N4O/c1-3-4-5-8-13-22-20(21-2)23-15-17-10-6-7-11-18(17)16-24-14-9-12-19(24)25/h6-7,10-11H,3-5,8-9,12-16H2,1-2H3,(H2,21,22,23). The molecule has 25 heavy (non-hydrogen) atoms. The summed E-state index contributed by atoms with van der Waals surface area (Å²) in [5.41, 5.74) is 2.43. The largest absolute Gasteiger partial charge is 0.356 e. The summed E-state index contributed by atoms with van der Waals surface area (Å²) in [5.74, 6) is 1.11. The van der Waals surface area contributed by atoms with E-state index in [2.05, 4.69) is 34.7 Å². The molecule has 0 unspecified atom stereocenters. The number of unbranched alkanes of at least 4 members (excludes halogenated alkanes) is 3. The van der Waals surface area contributed by atoms with Gasteiger partial charge in [-0.15, -0.1) is 0 Å². The van der Waals surface area contributed by atoms with Crippen LogP contribution in [0.3, 0.4) is 0 Å². The molecule has 0 radical (unpaired) electrons. The first-order valence-electron chi connectivity index (χ1n) is 9.53. The Morgan fingerprint density at radius 1 is 1.16 bits per heavy atom. The van der Waals surface area contributed by atoms with Crippen molar-refractivity contribution in [3.63, 3.8) is 0 Å². The molecule has 2 N–H and O–H groups in total. The Balaban J connectivity index is 1.83. The molecule has 1 heterocycles. The normalized spacial score (nSPS) is 14.9. The van der Waals surface area contributed by atoms with Gasteiger partial charge in [0.25, 0.3) is 0 Å². The number of hydrogen-bond donors (Lipinski definition) is 2. The van der Waals surface area contributed by atoms with Crippen LogP contribution in [0, 0.1) is 0 Å². The van der Waals surface area contributed by atoms with Crippen molar-refractivity contribution < 1.29 is 4.79 Å². The monoisotopic (exact) mass is 344 g/mol. The van der Waals surface area contributed by atoms with Gasteiger partial charge >= 0.3 is 0 Å². The molecule has 2 rings (SSSR count). The van der Waals surface area contributed by atoms with Crippen LogP contribution in [0.1, 0.15) is 56.6 Å². The number of benzene rings is 1. The van der Waals surface area contributed by atoms with E-state index in [1.807, 2.05) is 17.0 Å². The van der Waals surface area contributed by atoms with Gasteiger partial charge in [0.05, 0.1) is 0 Å². The summed E-state index contributed by atoms with van der Waals surface area (Å²) in [7, 11) is 1.80. The third-order valence-corrected chi connectivity index (χ3v) is 4.64. The molecule has 1 saturated heterocycles. The Labute approximate surface area is 151 Å². The zero-order valence-electron chi connectivity index (χ0n) is 15.7. The quantitative estimate of drug-likeness (QED) is 0.411. The maximum Gasteiger partial charge on any atom is 0.222 e. The minimum Gasteiger partial charge on any atom is -0.356 e. The van der Waals surface area contributed by atoms with Crippen LogP contribution in [-0.2, 0) is 17.9 Å². The zero-order valence-corrected chi connectivity index (χ0v) is 15.7. The molecule has 5 nitrogen and oxygen atoms in total. The van der Waals surface area contributed by atoms with Crippen LogP contribution in [-0.4, -0.2) is 36.9 Å². The SMILES string of the molecule is CCCCCCNC(=NC)NCc1ccccc1CN1CCCC1=O. The van der Waals surface area contributed by atoms with Crippen LogP contribution in [0.2, 0.25) is 0 Å². The van der Waals surface area contributed by atoms with E-state index >= 15 is 0 Å². The maximum atomic E-state index is 11.9. The van der Waals surface area contributed by atoms with Crippen molar-refractivity contribution in [3.05, 3.63) is 35.4 Å².